The lowest BCUT2D eigenvalue weighted by molar-refractivity contribution is 0.0822. The third-order valence-corrected chi connectivity index (χ3v) is 3.70. The Morgan fingerprint density at radius 3 is 2.60 bits per heavy atom. The summed E-state index contributed by atoms with van der Waals surface area (Å²) >= 11 is 3.26. The van der Waals surface area contributed by atoms with E-state index in [1.165, 1.54) is 4.57 Å². The van der Waals surface area contributed by atoms with Crippen molar-refractivity contribution in [2.24, 2.45) is 0 Å². The van der Waals surface area contributed by atoms with E-state index in [9.17, 15) is 9.59 Å². The fourth-order valence-electron chi connectivity index (χ4n) is 1.87. The lowest BCUT2D eigenvalue weighted by Crippen LogP contribution is -2.34. The molecule has 106 valence electrons. The van der Waals surface area contributed by atoms with Crippen molar-refractivity contribution in [2.45, 2.75) is 20.1 Å². The van der Waals surface area contributed by atoms with Crippen LogP contribution in [0.2, 0.25) is 0 Å². The fourth-order valence-corrected chi connectivity index (χ4v) is 2.33. The zero-order valence-electron chi connectivity index (χ0n) is 11.1. The van der Waals surface area contributed by atoms with E-state index >= 15 is 0 Å². The van der Waals surface area contributed by atoms with E-state index in [1.807, 2.05) is 37.3 Å². The molecule has 1 N–H and O–H groups in total. The molecule has 1 heterocycles. The highest BCUT2D eigenvalue weighted by molar-refractivity contribution is 9.10. The number of halogens is 1. The highest BCUT2D eigenvalue weighted by Crippen LogP contribution is 2.15. The molecule has 1 aromatic heterocycles. The van der Waals surface area contributed by atoms with Crippen molar-refractivity contribution >= 4 is 15.9 Å². The molecule has 0 spiro atoms. The number of ether oxygens (including phenoxy) is 1. The van der Waals surface area contributed by atoms with Crippen LogP contribution in [0.15, 0.2) is 44.4 Å². The van der Waals surface area contributed by atoms with Gasteiger partial charge in [-0.25, -0.2) is 4.79 Å². The van der Waals surface area contributed by atoms with Crippen molar-refractivity contribution in [3.05, 3.63) is 66.9 Å². The molecule has 2 aromatic rings. The predicted molar refractivity (Wildman–Crippen MR) is 79.9 cm³/mol. The number of benzene rings is 1. The van der Waals surface area contributed by atoms with Gasteiger partial charge in [-0.15, -0.1) is 0 Å². The number of nitrogens with one attached hydrogen (secondary N) is 1. The van der Waals surface area contributed by atoms with Crippen LogP contribution in [-0.4, -0.2) is 16.2 Å². The Hall–Kier alpha value is -1.66. The van der Waals surface area contributed by atoms with Crippen molar-refractivity contribution in [1.29, 1.82) is 0 Å². The number of aromatic amines is 1. The average molecular weight is 339 g/mol. The van der Waals surface area contributed by atoms with Crippen LogP contribution in [0.1, 0.15) is 18.2 Å². The van der Waals surface area contributed by atoms with Gasteiger partial charge in [-0.3, -0.25) is 14.3 Å². The molecule has 0 aliphatic heterocycles. The van der Waals surface area contributed by atoms with E-state index in [0.29, 0.717) is 23.2 Å². The van der Waals surface area contributed by atoms with Gasteiger partial charge in [-0.2, -0.15) is 0 Å². The molecule has 0 atom stereocenters. The number of hydrogen-bond donors (Lipinski definition) is 1. The van der Waals surface area contributed by atoms with Gasteiger partial charge < -0.3 is 4.74 Å². The maximum Gasteiger partial charge on any atom is 0.330 e. The number of hydrogen-bond acceptors (Lipinski definition) is 3. The molecule has 0 bridgehead atoms. The van der Waals surface area contributed by atoms with E-state index in [-0.39, 0.29) is 6.73 Å². The zero-order chi connectivity index (χ0) is 14.5. The number of rotatable bonds is 5. The molecular weight excluding hydrogens is 324 g/mol. The van der Waals surface area contributed by atoms with Gasteiger partial charge in [-0.1, -0.05) is 30.3 Å². The van der Waals surface area contributed by atoms with Crippen LogP contribution in [0.25, 0.3) is 0 Å². The molecule has 0 saturated carbocycles. The Morgan fingerprint density at radius 2 is 1.95 bits per heavy atom. The standard InChI is InChI=1S/C14H15BrN2O3/c1-2-20-9-17-11(8-10-6-4-3-5-7-10)12(15)13(18)16-14(17)19/h3-7H,2,8-9H2,1H3,(H,16,18,19). The molecular formula is C14H15BrN2O3. The molecule has 5 nitrogen and oxygen atoms in total. The van der Waals surface area contributed by atoms with Gasteiger partial charge in [0.1, 0.15) is 11.2 Å². The maximum atomic E-state index is 11.9. The molecule has 6 heteroatoms. The Labute approximate surface area is 124 Å². The Bertz CT molecular complexity index is 692. The molecule has 0 radical (unpaired) electrons. The molecule has 0 fully saturated rings. The van der Waals surface area contributed by atoms with E-state index in [2.05, 4.69) is 20.9 Å². The molecule has 0 saturated heterocycles. The molecule has 2 rings (SSSR count). The van der Waals surface area contributed by atoms with E-state index in [0.717, 1.165) is 5.56 Å². The van der Waals surface area contributed by atoms with Crippen molar-refractivity contribution < 1.29 is 4.74 Å². The van der Waals surface area contributed by atoms with E-state index in [1.54, 1.807) is 0 Å². The average Bonchev–Trinajstić information content (AvgIpc) is 2.45. The second-order valence-corrected chi connectivity index (χ2v) is 5.03. The topological polar surface area (TPSA) is 64.1 Å². The maximum absolute atomic E-state index is 11.9. The van der Waals surface area contributed by atoms with Gasteiger partial charge in [0.25, 0.3) is 5.56 Å². The third kappa shape index (κ3) is 3.26. The first-order valence-corrected chi connectivity index (χ1v) is 7.06. The van der Waals surface area contributed by atoms with E-state index in [4.69, 9.17) is 4.74 Å². The van der Waals surface area contributed by atoms with Gasteiger partial charge in [0.2, 0.25) is 0 Å². The second-order valence-electron chi connectivity index (χ2n) is 4.23. The SMILES string of the molecule is CCOCn1c(Cc2ccccc2)c(Br)c(=O)[nH]c1=O. The van der Waals surface area contributed by atoms with Crippen LogP contribution < -0.4 is 11.2 Å². The Balaban J connectivity index is 2.48. The first-order valence-electron chi connectivity index (χ1n) is 6.26. The normalized spacial score (nSPS) is 10.7. The van der Waals surface area contributed by atoms with Gasteiger partial charge in [-0.05, 0) is 28.4 Å². The molecule has 20 heavy (non-hydrogen) atoms. The molecule has 0 amide bonds. The van der Waals surface area contributed by atoms with Crippen LogP contribution in [0.3, 0.4) is 0 Å². The quantitative estimate of drug-likeness (QED) is 0.905. The van der Waals surface area contributed by atoms with Crippen LogP contribution in [0, 0.1) is 0 Å². The summed E-state index contributed by atoms with van der Waals surface area (Å²) < 4.78 is 7.09. The van der Waals surface area contributed by atoms with Crippen molar-refractivity contribution in [3.8, 4) is 0 Å². The van der Waals surface area contributed by atoms with Gasteiger partial charge in [0.15, 0.2) is 0 Å². The summed E-state index contributed by atoms with van der Waals surface area (Å²) in [7, 11) is 0. The minimum atomic E-state index is -0.461. The first-order chi connectivity index (χ1) is 9.63. The Kier molecular flexibility index (Phi) is 4.92. The summed E-state index contributed by atoms with van der Waals surface area (Å²) in [5.41, 5.74) is 0.744. The first kappa shape index (κ1) is 14.7. The summed E-state index contributed by atoms with van der Waals surface area (Å²) in [4.78, 5) is 25.9. The smallest absolute Gasteiger partial charge is 0.330 e. The monoisotopic (exact) mass is 338 g/mol. The number of nitrogens with zero attached hydrogens (tertiary/aromatic N) is 1. The van der Waals surface area contributed by atoms with Gasteiger partial charge in [0.05, 0.1) is 0 Å². The second kappa shape index (κ2) is 6.67. The van der Waals surface area contributed by atoms with Crippen molar-refractivity contribution in [1.82, 2.24) is 9.55 Å². The summed E-state index contributed by atoms with van der Waals surface area (Å²) in [5, 5.41) is 0. The highest BCUT2D eigenvalue weighted by atomic mass is 79.9. The lowest BCUT2D eigenvalue weighted by atomic mass is 10.1. The lowest BCUT2D eigenvalue weighted by Gasteiger charge is -2.13. The molecule has 0 aliphatic carbocycles. The minimum Gasteiger partial charge on any atom is -0.361 e. The van der Waals surface area contributed by atoms with E-state index < -0.39 is 11.2 Å². The molecule has 1 aromatic carbocycles. The van der Waals surface area contributed by atoms with Crippen molar-refractivity contribution in [2.75, 3.05) is 6.61 Å². The van der Waals surface area contributed by atoms with Gasteiger partial charge in [0, 0.05) is 18.7 Å². The van der Waals surface area contributed by atoms with Crippen molar-refractivity contribution in [3.63, 3.8) is 0 Å². The summed E-state index contributed by atoms with van der Waals surface area (Å²) in [6.07, 6.45) is 0.480. The summed E-state index contributed by atoms with van der Waals surface area (Å²) in [6.45, 7) is 2.46. The molecule has 0 aliphatic rings. The number of H-pyrrole nitrogens is 1. The summed E-state index contributed by atoms with van der Waals surface area (Å²) in [6, 6.07) is 9.65. The predicted octanol–water partition coefficient (Wildman–Crippen LogP) is 1.88. The third-order valence-electron chi connectivity index (χ3n) is 2.88. The highest BCUT2D eigenvalue weighted by Gasteiger charge is 2.13. The van der Waals surface area contributed by atoms with Crippen LogP contribution in [0.5, 0.6) is 0 Å². The Morgan fingerprint density at radius 1 is 1.25 bits per heavy atom. The minimum absolute atomic E-state index is 0.118. The van der Waals surface area contributed by atoms with Gasteiger partial charge >= 0.3 is 5.69 Å². The fraction of sp³-hybridized carbons (Fsp3) is 0.286. The van der Waals surface area contributed by atoms with Crippen LogP contribution in [0.4, 0.5) is 0 Å². The summed E-state index contributed by atoms with van der Waals surface area (Å²) in [5.74, 6) is 0. The zero-order valence-corrected chi connectivity index (χ0v) is 12.6. The van der Waals surface area contributed by atoms with Crippen LogP contribution in [-0.2, 0) is 17.9 Å². The largest absolute Gasteiger partial charge is 0.361 e. The number of aromatic nitrogens is 2. The molecule has 0 unspecified atom stereocenters. The van der Waals surface area contributed by atoms with Crippen LogP contribution >= 0.6 is 15.9 Å².